The Balaban J connectivity index is 1.42. The standard InChI is InChI=1S/C28H24BrN3O4/c1-2-35-25-15-13-23(14-16-25)30-26(33)19-36-27(34)17-10-21-18-32(24-6-4-3-5-7-24)31-28(21)20-8-11-22(29)12-9-20/h3-18H,2,19H2,1H3,(H,30,33)/b17-10+. The van der Waals surface area contributed by atoms with Crippen molar-refractivity contribution in [1.82, 2.24) is 9.78 Å². The van der Waals surface area contributed by atoms with E-state index in [0.29, 0.717) is 23.7 Å². The van der Waals surface area contributed by atoms with Crippen molar-refractivity contribution in [1.29, 1.82) is 0 Å². The van der Waals surface area contributed by atoms with Gasteiger partial charge in [-0.1, -0.05) is 46.3 Å². The molecule has 0 spiro atoms. The number of para-hydroxylation sites is 1. The van der Waals surface area contributed by atoms with Crippen LogP contribution >= 0.6 is 15.9 Å². The summed E-state index contributed by atoms with van der Waals surface area (Å²) in [6.45, 7) is 2.06. The number of rotatable bonds is 9. The van der Waals surface area contributed by atoms with Gasteiger partial charge in [0.2, 0.25) is 0 Å². The van der Waals surface area contributed by atoms with Crippen LogP contribution in [0.2, 0.25) is 0 Å². The van der Waals surface area contributed by atoms with Gasteiger partial charge in [0.25, 0.3) is 5.91 Å². The van der Waals surface area contributed by atoms with Crippen LogP contribution in [0.15, 0.2) is 95.6 Å². The first-order chi connectivity index (χ1) is 17.5. The van der Waals surface area contributed by atoms with Crippen molar-refractivity contribution in [3.05, 3.63) is 101 Å². The van der Waals surface area contributed by atoms with Crippen molar-refractivity contribution in [3.8, 4) is 22.7 Å². The molecule has 0 radical (unpaired) electrons. The number of nitrogens with zero attached hydrogens (tertiary/aromatic N) is 2. The Hall–Kier alpha value is -4.17. The number of carbonyl (C=O) groups excluding carboxylic acids is 2. The van der Waals surface area contributed by atoms with Gasteiger partial charge in [-0.15, -0.1) is 0 Å². The molecule has 0 atom stereocenters. The lowest BCUT2D eigenvalue weighted by Gasteiger charge is -2.07. The topological polar surface area (TPSA) is 82.5 Å². The van der Waals surface area contributed by atoms with E-state index < -0.39 is 18.5 Å². The smallest absolute Gasteiger partial charge is 0.331 e. The first-order valence-corrected chi connectivity index (χ1v) is 12.1. The van der Waals surface area contributed by atoms with Crippen molar-refractivity contribution in [3.63, 3.8) is 0 Å². The molecule has 1 aromatic heterocycles. The molecule has 182 valence electrons. The van der Waals surface area contributed by atoms with Crippen molar-refractivity contribution >= 4 is 39.6 Å². The molecule has 0 aliphatic rings. The maximum atomic E-state index is 12.3. The Morgan fingerprint density at radius 3 is 2.42 bits per heavy atom. The van der Waals surface area contributed by atoms with Gasteiger partial charge >= 0.3 is 5.97 Å². The number of amides is 1. The Labute approximate surface area is 217 Å². The minimum atomic E-state index is -0.633. The first kappa shape index (κ1) is 24.9. The minimum Gasteiger partial charge on any atom is -0.494 e. The molecule has 0 aliphatic carbocycles. The van der Waals surface area contributed by atoms with Crippen LogP contribution in [0.5, 0.6) is 5.75 Å². The summed E-state index contributed by atoms with van der Waals surface area (Å²) in [5.74, 6) is -0.357. The lowest BCUT2D eigenvalue weighted by Crippen LogP contribution is -2.20. The van der Waals surface area contributed by atoms with Crippen LogP contribution < -0.4 is 10.1 Å². The molecule has 4 aromatic rings. The average Bonchev–Trinajstić information content (AvgIpc) is 3.33. The number of esters is 1. The highest BCUT2D eigenvalue weighted by molar-refractivity contribution is 9.10. The largest absolute Gasteiger partial charge is 0.494 e. The quantitative estimate of drug-likeness (QED) is 0.209. The Kier molecular flexibility index (Phi) is 8.31. The van der Waals surface area contributed by atoms with Crippen LogP contribution in [0, 0.1) is 0 Å². The van der Waals surface area contributed by atoms with E-state index >= 15 is 0 Å². The fraction of sp³-hybridized carbons (Fsp3) is 0.107. The van der Waals surface area contributed by atoms with E-state index in [4.69, 9.17) is 14.6 Å². The van der Waals surface area contributed by atoms with Gasteiger partial charge in [0.1, 0.15) is 5.75 Å². The van der Waals surface area contributed by atoms with E-state index in [2.05, 4.69) is 21.2 Å². The van der Waals surface area contributed by atoms with Crippen molar-refractivity contribution in [2.45, 2.75) is 6.92 Å². The second-order valence-corrected chi connectivity index (χ2v) is 8.58. The first-order valence-electron chi connectivity index (χ1n) is 11.3. The second-order valence-electron chi connectivity index (χ2n) is 7.67. The van der Waals surface area contributed by atoms with Gasteiger partial charge in [0, 0.05) is 33.6 Å². The minimum absolute atomic E-state index is 0.404. The summed E-state index contributed by atoms with van der Waals surface area (Å²) in [6.07, 6.45) is 4.77. The van der Waals surface area contributed by atoms with Crippen molar-refractivity contribution in [2.75, 3.05) is 18.5 Å². The molecule has 7 nitrogen and oxygen atoms in total. The van der Waals surface area contributed by atoms with Crippen LogP contribution in [0.4, 0.5) is 5.69 Å². The molecule has 36 heavy (non-hydrogen) atoms. The van der Waals surface area contributed by atoms with Crippen molar-refractivity contribution < 1.29 is 19.1 Å². The maximum Gasteiger partial charge on any atom is 0.331 e. The number of carbonyl (C=O) groups is 2. The lowest BCUT2D eigenvalue weighted by atomic mass is 10.1. The summed E-state index contributed by atoms with van der Waals surface area (Å²) >= 11 is 3.45. The normalized spacial score (nSPS) is 10.8. The molecule has 0 saturated heterocycles. The number of hydrogen-bond donors (Lipinski definition) is 1. The molecule has 1 heterocycles. The van der Waals surface area contributed by atoms with Crippen LogP contribution in [0.3, 0.4) is 0 Å². The van der Waals surface area contributed by atoms with Gasteiger partial charge < -0.3 is 14.8 Å². The molecule has 0 aliphatic heterocycles. The predicted molar refractivity (Wildman–Crippen MR) is 143 cm³/mol. The summed E-state index contributed by atoms with van der Waals surface area (Å²) in [5, 5.41) is 7.41. The molecule has 0 bridgehead atoms. The average molecular weight is 546 g/mol. The third-order valence-corrected chi connectivity index (χ3v) is 5.60. The second kappa shape index (κ2) is 12.0. The molecule has 0 fully saturated rings. The Morgan fingerprint density at radius 2 is 1.72 bits per heavy atom. The monoisotopic (exact) mass is 545 g/mol. The molecular formula is C28H24BrN3O4. The fourth-order valence-corrected chi connectivity index (χ4v) is 3.66. The zero-order valence-corrected chi connectivity index (χ0v) is 21.1. The molecule has 0 saturated carbocycles. The van der Waals surface area contributed by atoms with Gasteiger partial charge in [0.15, 0.2) is 6.61 Å². The summed E-state index contributed by atoms with van der Waals surface area (Å²) < 4.78 is 13.2. The molecule has 0 unspecified atom stereocenters. The zero-order valence-electron chi connectivity index (χ0n) is 19.6. The molecule has 4 rings (SSSR count). The number of ether oxygens (including phenoxy) is 2. The highest BCUT2D eigenvalue weighted by Gasteiger charge is 2.12. The molecule has 1 amide bonds. The van der Waals surface area contributed by atoms with E-state index in [9.17, 15) is 9.59 Å². The summed E-state index contributed by atoms with van der Waals surface area (Å²) in [5.41, 5.74) is 3.82. The van der Waals surface area contributed by atoms with Gasteiger partial charge in [-0.2, -0.15) is 5.10 Å². The summed E-state index contributed by atoms with van der Waals surface area (Å²) in [6, 6.07) is 24.4. The van der Waals surface area contributed by atoms with E-state index in [1.165, 1.54) is 6.08 Å². The van der Waals surface area contributed by atoms with Gasteiger partial charge in [-0.25, -0.2) is 9.48 Å². The zero-order chi connectivity index (χ0) is 25.3. The third-order valence-electron chi connectivity index (χ3n) is 5.07. The summed E-state index contributed by atoms with van der Waals surface area (Å²) in [7, 11) is 0. The van der Waals surface area contributed by atoms with Crippen LogP contribution in [-0.2, 0) is 14.3 Å². The highest BCUT2D eigenvalue weighted by Crippen LogP contribution is 2.26. The molecule has 1 N–H and O–H groups in total. The predicted octanol–water partition coefficient (Wildman–Crippen LogP) is 5.90. The number of nitrogens with one attached hydrogen (secondary N) is 1. The van der Waals surface area contributed by atoms with Crippen LogP contribution in [0.25, 0.3) is 23.0 Å². The van der Waals surface area contributed by atoms with E-state index in [0.717, 1.165) is 21.3 Å². The maximum absolute atomic E-state index is 12.3. The SMILES string of the molecule is CCOc1ccc(NC(=O)COC(=O)/C=C/c2cn(-c3ccccc3)nc2-c2ccc(Br)cc2)cc1. The van der Waals surface area contributed by atoms with Gasteiger partial charge in [0.05, 0.1) is 18.0 Å². The lowest BCUT2D eigenvalue weighted by molar-refractivity contribution is -0.142. The van der Waals surface area contributed by atoms with E-state index in [1.807, 2.05) is 67.7 Å². The summed E-state index contributed by atoms with van der Waals surface area (Å²) in [4.78, 5) is 24.5. The van der Waals surface area contributed by atoms with Crippen molar-refractivity contribution in [2.24, 2.45) is 0 Å². The number of halogens is 1. The number of hydrogen-bond acceptors (Lipinski definition) is 5. The van der Waals surface area contributed by atoms with Crippen LogP contribution in [0.1, 0.15) is 12.5 Å². The van der Waals surface area contributed by atoms with Gasteiger partial charge in [-0.05, 0) is 61.5 Å². The fourth-order valence-electron chi connectivity index (χ4n) is 3.40. The Bertz CT molecular complexity index is 1350. The van der Waals surface area contributed by atoms with E-state index in [1.54, 1.807) is 35.0 Å². The Morgan fingerprint density at radius 1 is 1.00 bits per heavy atom. The van der Waals surface area contributed by atoms with Gasteiger partial charge in [-0.3, -0.25) is 4.79 Å². The van der Waals surface area contributed by atoms with Crippen LogP contribution in [-0.4, -0.2) is 34.9 Å². The number of benzene rings is 3. The molecular weight excluding hydrogens is 522 g/mol. The number of anilines is 1. The molecule has 8 heteroatoms. The number of aromatic nitrogens is 2. The third kappa shape index (κ3) is 6.70. The molecule has 3 aromatic carbocycles. The highest BCUT2D eigenvalue weighted by atomic mass is 79.9. The van der Waals surface area contributed by atoms with E-state index in [-0.39, 0.29) is 0 Å².